The van der Waals surface area contributed by atoms with E-state index in [4.69, 9.17) is 0 Å². The Labute approximate surface area is 99.4 Å². The third-order valence-corrected chi connectivity index (χ3v) is 3.53. The predicted molar refractivity (Wildman–Crippen MR) is 67.5 cm³/mol. The van der Waals surface area contributed by atoms with Gasteiger partial charge in [-0.25, -0.2) is 4.79 Å². The van der Waals surface area contributed by atoms with Crippen molar-refractivity contribution >= 4 is 6.03 Å². The molecule has 0 heterocycles. The maximum Gasteiger partial charge on any atom is 0.315 e. The first-order valence-corrected chi connectivity index (χ1v) is 6.78. The van der Waals surface area contributed by atoms with Gasteiger partial charge in [-0.05, 0) is 32.1 Å². The van der Waals surface area contributed by atoms with E-state index in [0.717, 1.165) is 19.4 Å². The smallest absolute Gasteiger partial charge is 0.315 e. The van der Waals surface area contributed by atoms with Crippen LogP contribution in [0.25, 0.3) is 0 Å². The molecule has 0 bridgehead atoms. The summed E-state index contributed by atoms with van der Waals surface area (Å²) in [6.07, 6.45) is 8.75. The monoisotopic (exact) mass is 226 g/mol. The molecule has 1 fully saturated rings. The van der Waals surface area contributed by atoms with Crippen molar-refractivity contribution in [3.05, 3.63) is 0 Å². The van der Waals surface area contributed by atoms with Crippen molar-refractivity contribution in [1.29, 1.82) is 0 Å². The minimum Gasteiger partial charge on any atom is -0.338 e. The van der Waals surface area contributed by atoms with E-state index >= 15 is 0 Å². The van der Waals surface area contributed by atoms with Gasteiger partial charge in [-0.15, -0.1) is 0 Å². The van der Waals surface area contributed by atoms with Gasteiger partial charge < -0.3 is 10.6 Å². The van der Waals surface area contributed by atoms with Gasteiger partial charge in [-0.2, -0.15) is 0 Å². The number of carbonyl (C=O) groups excluding carboxylic acids is 1. The molecule has 1 atom stereocenters. The minimum absolute atomic E-state index is 0.00604. The number of nitrogens with one attached hydrogen (secondary N) is 2. The Kier molecular flexibility index (Phi) is 6.27. The highest BCUT2D eigenvalue weighted by atomic mass is 16.2. The van der Waals surface area contributed by atoms with Gasteiger partial charge in [0.25, 0.3) is 0 Å². The average molecular weight is 226 g/mol. The number of carbonyl (C=O) groups is 1. The predicted octanol–water partition coefficient (Wildman–Crippen LogP) is 3.05. The van der Waals surface area contributed by atoms with Crippen molar-refractivity contribution in [2.24, 2.45) is 5.92 Å². The van der Waals surface area contributed by atoms with Gasteiger partial charge in [0.2, 0.25) is 0 Å². The van der Waals surface area contributed by atoms with E-state index in [1.807, 2.05) is 0 Å². The fraction of sp³-hybridized carbons (Fsp3) is 0.923. The summed E-state index contributed by atoms with van der Waals surface area (Å²) < 4.78 is 0. The van der Waals surface area contributed by atoms with E-state index in [9.17, 15) is 4.79 Å². The first kappa shape index (κ1) is 13.3. The summed E-state index contributed by atoms with van der Waals surface area (Å²) in [6.45, 7) is 5.05. The van der Waals surface area contributed by atoms with Crippen molar-refractivity contribution in [3.8, 4) is 0 Å². The standard InChI is InChI=1S/C13H26N2O/c1-3-4-10-14-13(16)15-11(2)12-8-6-5-7-9-12/h11-12H,3-10H2,1-2H3,(H2,14,15,16). The molecule has 94 valence electrons. The number of hydrogen-bond donors (Lipinski definition) is 2. The van der Waals surface area contributed by atoms with Gasteiger partial charge in [0, 0.05) is 12.6 Å². The summed E-state index contributed by atoms with van der Waals surface area (Å²) in [5.74, 6) is 0.686. The molecule has 3 heteroatoms. The van der Waals surface area contributed by atoms with Crippen LogP contribution in [-0.2, 0) is 0 Å². The first-order valence-electron chi connectivity index (χ1n) is 6.78. The van der Waals surface area contributed by atoms with Gasteiger partial charge in [-0.3, -0.25) is 0 Å². The number of rotatable bonds is 5. The van der Waals surface area contributed by atoms with Crippen LogP contribution >= 0.6 is 0 Å². The molecular weight excluding hydrogens is 200 g/mol. The Morgan fingerprint density at radius 2 is 2.00 bits per heavy atom. The SMILES string of the molecule is CCCCNC(=O)NC(C)C1CCCCC1. The Hall–Kier alpha value is -0.730. The number of urea groups is 1. The van der Waals surface area contributed by atoms with Crippen LogP contribution in [0, 0.1) is 5.92 Å². The second kappa shape index (κ2) is 7.53. The summed E-state index contributed by atoms with van der Waals surface area (Å²) in [5.41, 5.74) is 0. The molecule has 0 aromatic carbocycles. The van der Waals surface area contributed by atoms with Crippen LogP contribution in [0.4, 0.5) is 4.79 Å². The van der Waals surface area contributed by atoms with E-state index in [1.165, 1.54) is 32.1 Å². The fourth-order valence-corrected chi connectivity index (χ4v) is 2.39. The van der Waals surface area contributed by atoms with Crippen LogP contribution in [0.1, 0.15) is 58.8 Å². The highest BCUT2D eigenvalue weighted by molar-refractivity contribution is 5.74. The maximum absolute atomic E-state index is 11.5. The van der Waals surface area contributed by atoms with Gasteiger partial charge >= 0.3 is 6.03 Å². The molecule has 1 aliphatic rings. The molecule has 0 radical (unpaired) electrons. The van der Waals surface area contributed by atoms with Crippen LogP contribution < -0.4 is 10.6 Å². The normalized spacial score (nSPS) is 19.1. The van der Waals surface area contributed by atoms with E-state index < -0.39 is 0 Å². The first-order chi connectivity index (χ1) is 7.74. The molecule has 1 unspecified atom stereocenters. The van der Waals surface area contributed by atoms with Crippen molar-refractivity contribution in [3.63, 3.8) is 0 Å². The Morgan fingerprint density at radius 1 is 1.31 bits per heavy atom. The molecule has 2 amide bonds. The Morgan fingerprint density at radius 3 is 2.62 bits per heavy atom. The molecule has 0 aromatic rings. The van der Waals surface area contributed by atoms with Crippen LogP contribution in [0.2, 0.25) is 0 Å². The van der Waals surface area contributed by atoms with Gasteiger partial charge in [0.1, 0.15) is 0 Å². The molecule has 16 heavy (non-hydrogen) atoms. The highest BCUT2D eigenvalue weighted by Gasteiger charge is 2.20. The Balaban J connectivity index is 2.16. The summed E-state index contributed by atoms with van der Waals surface area (Å²) in [4.78, 5) is 11.5. The molecule has 0 spiro atoms. The number of amides is 2. The van der Waals surface area contributed by atoms with E-state index in [-0.39, 0.29) is 6.03 Å². The molecule has 1 rings (SSSR count). The van der Waals surface area contributed by atoms with Gasteiger partial charge in [0.05, 0.1) is 0 Å². The lowest BCUT2D eigenvalue weighted by atomic mass is 9.85. The second-order valence-corrected chi connectivity index (χ2v) is 4.94. The number of hydrogen-bond acceptors (Lipinski definition) is 1. The summed E-state index contributed by atoms with van der Waals surface area (Å²) in [5, 5.41) is 5.96. The topological polar surface area (TPSA) is 41.1 Å². The van der Waals surface area contributed by atoms with Crippen LogP contribution in [0.3, 0.4) is 0 Å². The van der Waals surface area contributed by atoms with Crippen LogP contribution in [0.15, 0.2) is 0 Å². The van der Waals surface area contributed by atoms with Crippen molar-refractivity contribution in [2.45, 2.75) is 64.8 Å². The third kappa shape index (κ3) is 4.86. The highest BCUT2D eigenvalue weighted by Crippen LogP contribution is 2.26. The molecular formula is C13H26N2O. The molecule has 2 N–H and O–H groups in total. The van der Waals surface area contributed by atoms with Crippen LogP contribution in [-0.4, -0.2) is 18.6 Å². The van der Waals surface area contributed by atoms with Crippen molar-refractivity contribution < 1.29 is 4.79 Å². The van der Waals surface area contributed by atoms with Crippen molar-refractivity contribution in [2.75, 3.05) is 6.54 Å². The summed E-state index contributed by atoms with van der Waals surface area (Å²) in [7, 11) is 0. The van der Waals surface area contributed by atoms with E-state index in [1.54, 1.807) is 0 Å². The molecule has 1 saturated carbocycles. The molecule has 0 aliphatic heterocycles. The van der Waals surface area contributed by atoms with E-state index in [0.29, 0.717) is 12.0 Å². The quantitative estimate of drug-likeness (QED) is 0.695. The largest absolute Gasteiger partial charge is 0.338 e. The lowest BCUT2D eigenvalue weighted by molar-refractivity contribution is 0.225. The zero-order valence-corrected chi connectivity index (χ0v) is 10.7. The molecule has 1 aliphatic carbocycles. The third-order valence-electron chi connectivity index (χ3n) is 3.53. The summed E-state index contributed by atoms with van der Waals surface area (Å²) in [6, 6.07) is 0.327. The lowest BCUT2D eigenvalue weighted by Gasteiger charge is -2.28. The average Bonchev–Trinajstić information content (AvgIpc) is 2.30. The van der Waals surface area contributed by atoms with Gasteiger partial charge in [-0.1, -0.05) is 32.6 Å². The van der Waals surface area contributed by atoms with Crippen LogP contribution in [0.5, 0.6) is 0 Å². The molecule has 0 aromatic heterocycles. The molecule has 3 nitrogen and oxygen atoms in total. The lowest BCUT2D eigenvalue weighted by Crippen LogP contribution is -2.44. The minimum atomic E-state index is 0.00604. The maximum atomic E-state index is 11.5. The van der Waals surface area contributed by atoms with Crippen molar-refractivity contribution in [1.82, 2.24) is 10.6 Å². The van der Waals surface area contributed by atoms with Gasteiger partial charge in [0.15, 0.2) is 0 Å². The second-order valence-electron chi connectivity index (χ2n) is 4.94. The zero-order valence-electron chi connectivity index (χ0n) is 10.7. The number of unbranched alkanes of at least 4 members (excludes halogenated alkanes) is 1. The Bertz CT molecular complexity index is 200. The van der Waals surface area contributed by atoms with E-state index in [2.05, 4.69) is 24.5 Å². The zero-order chi connectivity index (χ0) is 11.8. The summed E-state index contributed by atoms with van der Waals surface area (Å²) >= 11 is 0. The fourth-order valence-electron chi connectivity index (χ4n) is 2.39. The molecule has 0 saturated heterocycles.